The number of carbonyl (C=O) groups is 3. The largest absolute Gasteiger partial charge is 0.467 e. The van der Waals surface area contributed by atoms with Crippen molar-refractivity contribution in [2.75, 3.05) is 13.7 Å². The maximum absolute atomic E-state index is 11.8. The number of carbonyl (C=O) groups excluding carboxylic acids is 3. The lowest BCUT2D eigenvalue weighted by atomic mass is 10.0. The Bertz CT molecular complexity index is 330. The molecule has 7 nitrogen and oxygen atoms in total. The Balaban J connectivity index is 4.39. The van der Waals surface area contributed by atoms with Gasteiger partial charge < -0.3 is 20.5 Å². The number of hydrogen-bond acceptors (Lipinski definition) is 5. The summed E-state index contributed by atoms with van der Waals surface area (Å²) in [5.41, 5.74) is 0. The van der Waals surface area contributed by atoms with Crippen molar-refractivity contribution in [2.24, 2.45) is 5.92 Å². The fourth-order valence-corrected chi connectivity index (χ4v) is 1.49. The van der Waals surface area contributed by atoms with E-state index in [4.69, 9.17) is 0 Å². The highest BCUT2D eigenvalue weighted by atomic mass is 16.5. The molecule has 0 spiro atoms. The average Bonchev–Trinajstić information content (AvgIpc) is 2.32. The second kappa shape index (κ2) is 8.47. The fourth-order valence-electron chi connectivity index (χ4n) is 1.49. The van der Waals surface area contributed by atoms with Crippen LogP contribution in [-0.4, -0.2) is 48.7 Å². The highest BCUT2D eigenvalue weighted by molar-refractivity contribution is 5.87. The number of ether oxygens (including phenoxy) is 1. The predicted molar refractivity (Wildman–Crippen MR) is 68.1 cm³/mol. The van der Waals surface area contributed by atoms with Gasteiger partial charge in [0.2, 0.25) is 11.8 Å². The van der Waals surface area contributed by atoms with Crippen LogP contribution in [0.4, 0.5) is 0 Å². The maximum atomic E-state index is 11.8. The molecule has 0 rings (SSSR count). The molecule has 0 aliphatic heterocycles. The second-order valence-corrected chi connectivity index (χ2v) is 4.67. The van der Waals surface area contributed by atoms with Gasteiger partial charge in [0.1, 0.15) is 6.04 Å². The second-order valence-electron chi connectivity index (χ2n) is 4.67. The van der Waals surface area contributed by atoms with Gasteiger partial charge in [0.15, 0.2) is 6.10 Å². The number of aliphatic hydroxyl groups is 1. The Kier molecular flexibility index (Phi) is 7.74. The Labute approximate surface area is 112 Å². The quantitative estimate of drug-likeness (QED) is 0.526. The molecule has 3 N–H and O–H groups in total. The molecule has 0 saturated heterocycles. The van der Waals surface area contributed by atoms with E-state index in [0.29, 0.717) is 6.42 Å². The standard InChI is InChI=1S/C12H22N2O5/c1-7(2)5-9(14-8(3)15)11(17)13-6-10(16)12(18)19-4/h7,9-10,16H,5-6H2,1-4H3,(H,13,17)(H,14,15)/t9-,10+/m0/s1. The third kappa shape index (κ3) is 7.40. The van der Waals surface area contributed by atoms with E-state index >= 15 is 0 Å². The summed E-state index contributed by atoms with van der Waals surface area (Å²) in [6.07, 6.45) is -0.939. The van der Waals surface area contributed by atoms with Gasteiger partial charge in [-0.1, -0.05) is 13.8 Å². The lowest BCUT2D eigenvalue weighted by molar-refractivity contribution is -0.150. The van der Waals surface area contributed by atoms with Crippen LogP contribution in [0.25, 0.3) is 0 Å². The van der Waals surface area contributed by atoms with Crippen LogP contribution in [-0.2, 0) is 19.1 Å². The van der Waals surface area contributed by atoms with Crippen molar-refractivity contribution in [3.05, 3.63) is 0 Å². The summed E-state index contributed by atoms with van der Waals surface area (Å²) >= 11 is 0. The molecule has 19 heavy (non-hydrogen) atoms. The number of esters is 1. The van der Waals surface area contributed by atoms with E-state index in [1.165, 1.54) is 6.92 Å². The smallest absolute Gasteiger partial charge is 0.336 e. The lowest BCUT2D eigenvalue weighted by Crippen LogP contribution is -2.49. The highest BCUT2D eigenvalue weighted by Gasteiger charge is 2.22. The number of hydrogen-bond donors (Lipinski definition) is 3. The molecule has 0 fully saturated rings. The first-order valence-corrected chi connectivity index (χ1v) is 6.08. The number of aliphatic hydroxyl groups excluding tert-OH is 1. The molecule has 0 bridgehead atoms. The number of nitrogens with one attached hydrogen (secondary N) is 2. The summed E-state index contributed by atoms with van der Waals surface area (Å²) in [5, 5.41) is 14.3. The normalized spacial score (nSPS) is 13.6. The summed E-state index contributed by atoms with van der Waals surface area (Å²) in [4.78, 5) is 33.8. The van der Waals surface area contributed by atoms with Gasteiger partial charge in [-0.3, -0.25) is 9.59 Å². The third-order valence-electron chi connectivity index (χ3n) is 2.34. The van der Waals surface area contributed by atoms with Crippen molar-refractivity contribution in [3.8, 4) is 0 Å². The van der Waals surface area contributed by atoms with Gasteiger partial charge >= 0.3 is 5.97 Å². The lowest BCUT2D eigenvalue weighted by Gasteiger charge is -2.20. The van der Waals surface area contributed by atoms with Gasteiger partial charge in [0.25, 0.3) is 0 Å². The van der Waals surface area contributed by atoms with E-state index < -0.39 is 24.0 Å². The Morgan fingerprint density at radius 3 is 2.26 bits per heavy atom. The van der Waals surface area contributed by atoms with Crippen molar-refractivity contribution in [1.29, 1.82) is 0 Å². The van der Waals surface area contributed by atoms with Crippen molar-refractivity contribution in [1.82, 2.24) is 10.6 Å². The van der Waals surface area contributed by atoms with Gasteiger partial charge in [-0.2, -0.15) is 0 Å². The maximum Gasteiger partial charge on any atom is 0.336 e. The molecule has 7 heteroatoms. The van der Waals surface area contributed by atoms with Crippen LogP contribution in [0.1, 0.15) is 27.2 Å². The average molecular weight is 274 g/mol. The Hall–Kier alpha value is -1.63. The molecule has 0 heterocycles. The molecule has 2 atom stereocenters. The van der Waals surface area contributed by atoms with Crippen molar-refractivity contribution in [3.63, 3.8) is 0 Å². The molecule has 0 aliphatic rings. The Morgan fingerprint density at radius 2 is 1.84 bits per heavy atom. The van der Waals surface area contributed by atoms with Crippen LogP contribution < -0.4 is 10.6 Å². The van der Waals surface area contributed by atoms with Crippen LogP contribution in [0.3, 0.4) is 0 Å². The van der Waals surface area contributed by atoms with E-state index in [0.717, 1.165) is 7.11 Å². The fraction of sp³-hybridized carbons (Fsp3) is 0.750. The van der Waals surface area contributed by atoms with Crippen molar-refractivity contribution in [2.45, 2.75) is 39.3 Å². The molecule has 0 aromatic carbocycles. The Morgan fingerprint density at radius 1 is 1.26 bits per heavy atom. The minimum Gasteiger partial charge on any atom is -0.467 e. The van der Waals surface area contributed by atoms with Crippen LogP contribution in [0.5, 0.6) is 0 Å². The monoisotopic (exact) mass is 274 g/mol. The van der Waals surface area contributed by atoms with E-state index in [9.17, 15) is 19.5 Å². The van der Waals surface area contributed by atoms with Crippen LogP contribution in [0.15, 0.2) is 0 Å². The van der Waals surface area contributed by atoms with Crippen LogP contribution in [0.2, 0.25) is 0 Å². The molecule has 0 aliphatic carbocycles. The minimum absolute atomic E-state index is 0.216. The molecule has 0 aromatic rings. The first-order valence-electron chi connectivity index (χ1n) is 6.08. The van der Waals surface area contributed by atoms with E-state index in [1.807, 2.05) is 13.8 Å². The number of amides is 2. The summed E-state index contributed by atoms with van der Waals surface area (Å²) in [5.74, 6) is -1.35. The van der Waals surface area contributed by atoms with Crippen LogP contribution in [0, 0.1) is 5.92 Å². The first-order chi connectivity index (χ1) is 8.77. The molecule has 2 amide bonds. The molecule has 110 valence electrons. The zero-order valence-corrected chi connectivity index (χ0v) is 11.7. The van der Waals surface area contributed by atoms with E-state index in [2.05, 4.69) is 15.4 Å². The summed E-state index contributed by atoms with van der Waals surface area (Å²) in [7, 11) is 1.15. The van der Waals surface area contributed by atoms with Crippen LogP contribution >= 0.6 is 0 Å². The van der Waals surface area contributed by atoms with Gasteiger partial charge in [-0.15, -0.1) is 0 Å². The summed E-state index contributed by atoms with van der Waals surface area (Å²) in [6, 6.07) is -0.678. The predicted octanol–water partition coefficient (Wildman–Crippen LogP) is -0.813. The molecule has 0 unspecified atom stereocenters. The van der Waals surface area contributed by atoms with Crippen molar-refractivity contribution < 1.29 is 24.2 Å². The van der Waals surface area contributed by atoms with Crippen molar-refractivity contribution >= 4 is 17.8 Å². The number of rotatable bonds is 7. The van der Waals surface area contributed by atoms with E-state index in [-0.39, 0.29) is 18.4 Å². The van der Waals surface area contributed by atoms with Gasteiger partial charge in [-0.25, -0.2) is 4.79 Å². The zero-order valence-electron chi connectivity index (χ0n) is 11.7. The van der Waals surface area contributed by atoms with Gasteiger partial charge in [-0.05, 0) is 12.3 Å². The molecule has 0 aromatic heterocycles. The molecular weight excluding hydrogens is 252 g/mol. The summed E-state index contributed by atoms with van der Waals surface area (Å²) < 4.78 is 4.32. The minimum atomic E-state index is -1.41. The summed E-state index contributed by atoms with van der Waals surface area (Å²) in [6.45, 7) is 4.92. The zero-order chi connectivity index (χ0) is 15.0. The first kappa shape index (κ1) is 17.4. The molecule has 0 radical (unpaired) electrons. The topological polar surface area (TPSA) is 105 Å². The SMILES string of the molecule is COC(=O)[C@H](O)CNC(=O)[C@H](CC(C)C)NC(C)=O. The third-order valence-corrected chi connectivity index (χ3v) is 2.34. The van der Waals surface area contributed by atoms with E-state index in [1.54, 1.807) is 0 Å². The van der Waals surface area contributed by atoms with Gasteiger partial charge in [0, 0.05) is 6.92 Å². The molecular formula is C12H22N2O5. The number of methoxy groups -OCH3 is 1. The molecule has 0 saturated carbocycles. The highest BCUT2D eigenvalue weighted by Crippen LogP contribution is 2.05. The van der Waals surface area contributed by atoms with Gasteiger partial charge in [0.05, 0.1) is 13.7 Å².